The van der Waals surface area contributed by atoms with E-state index >= 15 is 0 Å². The molecule has 1 heterocycles. The second kappa shape index (κ2) is 15.4. The second-order valence-electron chi connectivity index (χ2n) is 14.2. The first kappa shape index (κ1) is 34.7. The fourth-order valence-electron chi connectivity index (χ4n) is 7.90. The van der Waals surface area contributed by atoms with Gasteiger partial charge in [-0.25, -0.2) is 9.97 Å². The van der Waals surface area contributed by atoms with Gasteiger partial charge in [-0.1, -0.05) is 152 Å². The van der Waals surface area contributed by atoms with Crippen molar-refractivity contribution in [2.75, 3.05) is 9.80 Å². The van der Waals surface area contributed by atoms with Gasteiger partial charge < -0.3 is 9.80 Å². The van der Waals surface area contributed by atoms with Crippen LogP contribution in [0, 0.1) is 0 Å². The molecular weight excluding hydrogens is 705 g/mol. The van der Waals surface area contributed by atoms with E-state index in [0.29, 0.717) is 0 Å². The number of hydrogen-bond donors (Lipinski definition) is 0. The lowest BCUT2D eigenvalue weighted by Crippen LogP contribution is -2.12. The van der Waals surface area contributed by atoms with E-state index < -0.39 is 0 Å². The Hall–Kier alpha value is -7.82. The fraction of sp³-hybridized carbons (Fsp3) is 0. The fourth-order valence-corrected chi connectivity index (χ4v) is 7.90. The maximum absolute atomic E-state index is 5.45. The zero-order valence-corrected chi connectivity index (χ0v) is 31.7. The van der Waals surface area contributed by atoms with Crippen molar-refractivity contribution in [2.24, 2.45) is 0 Å². The molecule has 0 spiro atoms. The van der Waals surface area contributed by atoms with Crippen molar-refractivity contribution in [2.45, 2.75) is 0 Å². The Morgan fingerprint density at radius 1 is 0.276 bits per heavy atom. The van der Waals surface area contributed by atoms with Gasteiger partial charge >= 0.3 is 0 Å². The standard InChI is InChI=1S/C54H38N4/c1-5-18-40(19-6-1)53-52(55-51-30-16-29-50(54(51)56-53)49-28-15-20-39-17-13-14-27-48(39)49)41-31-33-45(34-32-41)58(44-25-11-4-12-26-44)47-37-35-46(36-38-47)57(42-21-7-2-8-22-42)43-23-9-3-10-24-43/h1-38H. The lowest BCUT2D eigenvalue weighted by molar-refractivity contribution is 1.25. The molecule has 10 aromatic rings. The number of aromatic nitrogens is 2. The molecule has 4 nitrogen and oxygen atoms in total. The predicted octanol–water partition coefficient (Wildman–Crippen LogP) is 14.7. The molecule has 58 heavy (non-hydrogen) atoms. The molecule has 0 fully saturated rings. The summed E-state index contributed by atoms with van der Waals surface area (Å²) in [6.07, 6.45) is 0. The highest BCUT2D eigenvalue weighted by Crippen LogP contribution is 2.41. The minimum atomic E-state index is 0.845. The molecule has 0 aliphatic heterocycles. The van der Waals surface area contributed by atoms with Crippen LogP contribution in [0.15, 0.2) is 231 Å². The maximum atomic E-state index is 5.45. The zero-order valence-electron chi connectivity index (χ0n) is 31.7. The molecule has 0 atom stereocenters. The zero-order chi connectivity index (χ0) is 38.7. The highest BCUT2D eigenvalue weighted by atomic mass is 15.2. The summed E-state index contributed by atoms with van der Waals surface area (Å²) in [5.41, 5.74) is 14.1. The van der Waals surface area contributed by atoms with Crippen molar-refractivity contribution in [1.82, 2.24) is 9.97 Å². The van der Waals surface area contributed by atoms with Crippen LogP contribution in [-0.4, -0.2) is 9.97 Å². The minimum Gasteiger partial charge on any atom is -0.311 e. The quantitative estimate of drug-likeness (QED) is 0.147. The summed E-state index contributed by atoms with van der Waals surface area (Å²) in [5.74, 6) is 0. The van der Waals surface area contributed by atoms with Crippen LogP contribution in [0.25, 0.3) is 55.4 Å². The van der Waals surface area contributed by atoms with Crippen LogP contribution in [0.4, 0.5) is 34.1 Å². The number of anilines is 6. The molecule has 0 saturated carbocycles. The van der Waals surface area contributed by atoms with E-state index in [-0.39, 0.29) is 0 Å². The van der Waals surface area contributed by atoms with E-state index in [1.165, 1.54) is 10.8 Å². The van der Waals surface area contributed by atoms with E-state index in [1.807, 2.05) is 6.07 Å². The number of hydrogen-bond acceptors (Lipinski definition) is 4. The van der Waals surface area contributed by atoms with Crippen LogP contribution in [0.2, 0.25) is 0 Å². The molecule has 0 aliphatic rings. The molecule has 0 bridgehead atoms. The van der Waals surface area contributed by atoms with Crippen molar-refractivity contribution in [3.05, 3.63) is 231 Å². The first-order chi connectivity index (χ1) is 28.8. The Kier molecular flexibility index (Phi) is 9.18. The molecule has 0 aliphatic carbocycles. The van der Waals surface area contributed by atoms with Gasteiger partial charge in [0.2, 0.25) is 0 Å². The highest BCUT2D eigenvalue weighted by Gasteiger charge is 2.19. The van der Waals surface area contributed by atoms with Crippen LogP contribution in [-0.2, 0) is 0 Å². The Bertz CT molecular complexity index is 2920. The van der Waals surface area contributed by atoms with Crippen LogP contribution in [0.1, 0.15) is 0 Å². The van der Waals surface area contributed by atoms with E-state index in [2.05, 4.69) is 234 Å². The minimum absolute atomic E-state index is 0.845. The number of benzene rings is 9. The lowest BCUT2D eigenvalue weighted by Gasteiger charge is -2.28. The van der Waals surface area contributed by atoms with Crippen LogP contribution in [0.3, 0.4) is 0 Å². The van der Waals surface area contributed by atoms with Crippen molar-refractivity contribution >= 4 is 55.9 Å². The summed E-state index contributed by atoms with van der Waals surface area (Å²) in [6, 6.07) is 80.7. The average molecular weight is 743 g/mol. The van der Waals surface area contributed by atoms with Crippen LogP contribution < -0.4 is 9.80 Å². The third kappa shape index (κ3) is 6.63. The van der Waals surface area contributed by atoms with Crippen LogP contribution in [0.5, 0.6) is 0 Å². The van der Waals surface area contributed by atoms with E-state index in [9.17, 15) is 0 Å². The summed E-state index contributed by atoms with van der Waals surface area (Å²) in [7, 11) is 0. The van der Waals surface area contributed by atoms with Crippen molar-refractivity contribution in [1.29, 1.82) is 0 Å². The lowest BCUT2D eigenvalue weighted by atomic mass is 9.96. The van der Waals surface area contributed by atoms with Gasteiger partial charge in [0, 0.05) is 50.8 Å². The van der Waals surface area contributed by atoms with E-state index in [4.69, 9.17) is 9.97 Å². The maximum Gasteiger partial charge on any atom is 0.0973 e. The SMILES string of the molecule is c1ccc(-c2nc3c(-c4cccc5ccccc45)cccc3nc2-c2ccc(N(c3ccccc3)c3ccc(N(c4ccccc4)c4ccccc4)cc3)cc2)cc1. The molecule has 0 radical (unpaired) electrons. The largest absolute Gasteiger partial charge is 0.311 e. The molecule has 0 amide bonds. The van der Waals surface area contributed by atoms with Crippen molar-refractivity contribution in [3.8, 4) is 33.6 Å². The van der Waals surface area contributed by atoms with Crippen molar-refractivity contribution in [3.63, 3.8) is 0 Å². The van der Waals surface area contributed by atoms with Gasteiger partial charge in [-0.05, 0) is 95.2 Å². The van der Waals surface area contributed by atoms with Gasteiger partial charge in [-0.3, -0.25) is 0 Å². The number of fused-ring (bicyclic) bond motifs is 2. The van der Waals surface area contributed by atoms with Gasteiger partial charge in [0.15, 0.2) is 0 Å². The number of para-hydroxylation sites is 4. The second-order valence-corrected chi connectivity index (χ2v) is 14.2. The summed E-state index contributed by atoms with van der Waals surface area (Å²) in [4.78, 5) is 15.4. The van der Waals surface area contributed by atoms with Crippen molar-refractivity contribution < 1.29 is 0 Å². The normalized spacial score (nSPS) is 11.1. The summed E-state index contributed by atoms with van der Waals surface area (Å²) in [5, 5.41) is 2.40. The van der Waals surface area contributed by atoms with Gasteiger partial charge in [-0.2, -0.15) is 0 Å². The molecule has 10 rings (SSSR count). The Morgan fingerprint density at radius 3 is 1.24 bits per heavy atom. The molecule has 1 aromatic heterocycles. The molecular formula is C54H38N4. The third-order valence-electron chi connectivity index (χ3n) is 10.6. The predicted molar refractivity (Wildman–Crippen MR) is 243 cm³/mol. The summed E-state index contributed by atoms with van der Waals surface area (Å²) in [6.45, 7) is 0. The molecule has 0 N–H and O–H groups in total. The number of rotatable bonds is 9. The Morgan fingerprint density at radius 2 is 0.672 bits per heavy atom. The number of nitrogens with zero attached hydrogens (tertiary/aromatic N) is 4. The molecule has 4 heteroatoms. The average Bonchev–Trinajstić information content (AvgIpc) is 3.30. The molecule has 0 saturated heterocycles. The Balaban J connectivity index is 1.06. The summed E-state index contributed by atoms with van der Waals surface area (Å²) < 4.78 is 0. The molecule has 0 unspecified atom stereocenters. The topological polar surface area (TPSA) is 32.3 Å². The molecule has 9 aromatic carbocycles. The van der Waals surface area contributed by atoms with E-state index in [1.54, 1.807) is 0 Å². The first-order valence-corrected chi connectivity index (χ1v) is 19.6. The van der Waals surface area contributed by atoms with Gasteiger partial charge in [0.1, 0.15) is 0 Å². The van der Waals surface area contributed by atoms with Gasteiger partial charge in [0.05, 0.1) is 22.4 Å². The monoisotopic (exact) mass is 742 g/mol. The van der Waals surface area contributed by atoms with E-state index in [0.717, 1.165) is 78.8 Å². The molecule has 274 valence electrons. The smallest absolute Gasteiger partial charge is 0.0973 e. The highest BCUT2D eigenvalue weighted by molar-refractivity contribution is 6.04. The van der Waals surface area contributed by atoms with Gasteiger partial charge in [0.25, 0.3) is 0 Å². The Labute approximate surface area is 338 Å². The van der Waals surface area contributed by atoms with Crippen LogP contribution >= 0.6 is 0 Å². The summed E-state index contributed by atoms with van der Waals surface area (Å²) >= 11 is 0. The third-order valence-corrected chi connectivity index (χ3v) is 10.6. The van der Waals surface area contributed by atoms with Gasteiger partial charge in [-0.15, -0.1) is 0 Å². The first-order valence-electron chi connectivity index (χ1n) is 19.6.